The average Bonchev–Trinajstić information content (AvgIpc) is 2.89. The molecule has 1 amide bonds. The number of aliphatic hydroxyl groups is 1. The molecule has 4 nitrogen and oxygen atoms in total. The van der Waals surface area contributed by atoms with Crippen molar-refractivity contribution in [2.24, 2.45) is 0 Å². The van der Waals surface area contributed by atoms with E-state index in [0.717, 1.165) is 5.56 Å². The zero-order valence-corrected chi connectivity index (χ0v) is 12.9. The first kappa shape index (κ1) is 15.9. The lowest BCUT2D eigenvalue weighted by molar-refractivity contribution is 0.0727. The summed E-state index contributed by atoms with van der Waals surface area (Å²) < 4.78 is 0. The highest BCUT2D eigenvalue weighted by Gasteiger charge is 2.17. The van der Waals surface area contributed by atoms with Gasteiger partial charge in [-0.1, -0.05) is 35.3 Å². The van der Waals surface area contributed by atoms with Gasteiger partial charge in [0.15, 0.2) is 0 Å². The van der Waals surface area contributed by atoms with Crippen molar-refractivity contribution >= 4 is 29.1 Å². The first-order chi connectivity index (χ1) is 10.1. The number of rotatable bonds is 6. The smallest absolute Gasteiger partial charge is 0.270 e. The summed E-state index contributed by atoms with van der Waals surface area (Å²) in [7, 11) is 0. The summed E-state index contributed by atoms with van der Waals surface area (Å²) in [4.78, 5) is 17.0. The number of nitrogens with zero attached hydrogens (tertiary/aromatic N) is 1. The number of carbonyl (C=O) groups excluding carboxylic acids is 1. The van der Waals surface area contributed by atoms with Crippen LogP contribution in [0.5, 0.6) is 0 Å². The molecule has 1 heterocycles. The van der Waals surface area contributed by atoms with Crippen molar-refractivity contribution in [1.82, 2.24) is 9.88 Å². The summed E-state index contributed by atoms with van der Waals surface area (Å²) in [6.45, 7) is 0.916. The van der Waals surface area contributed by atoms with Crippen LogP contribution in [0.1, 0.15) is 22.5 Å². The summed E-state index contributed by atoms with van der Waals surface area (Å²) in [5.74, 6) is -0.157. The molecule has 0 atom stereocenters. The van der Waals surface area contributed by atoms with Gasteiger partial charge in [-0.15, -0.1) is 0 Å². The number of aromatic nitrogens is 1. The van der Waals surface area contributed by atoms with E-state index in [2.05, 4.69) is 4.98 Å². The molecule has 112 valence electrons. The number of benzene rings is 1. The largest absolute Gasteiger partial charge is 0.396 e. The highest BCUT2D eigenvalue weighted by Crippen LogP contribution is 2.16. The number of hydrogen-bond acceptors (Lipinski definition) is 2. The Labute approximate surface area is 133 Å². The summed E-state index contributed by atoms with van der Waals surface area (Å²) in [5.41, 5.74) is 1.37. The van der Waals surface area contributed by atoms with Gasteiger partial charge in [0.1, 0.15) is 5.69 Å². The third-order valence-corrected chi connectivity index (χ3v) is 3.47. The van der Waals surface area contributed by atoms with E-state index in [1.54, 1.807) is 23.2 Å². The van der Waals surface area contributed by atoms with Crippen LogP contribution in [0.4, 0.5) is 0 Å². The molecule has 0 unspecified atom stereocenters. The first-order valence-corrected chi connectivity index (χ1v) is 7.34. The molecule has 0 spiro atoms. The summed E-state index contributed by atoms with van der Waals surface area (Å²) in [5, 5.41) is 10.1. The topological polar surface area (TPSA) is 56.3 Å². The number of hydrogen-bond donors (Lipinski definition) is 2. The van der Waals surface area contributed by atoms with Crippen LogP contribution in [-0.2, 0) is 6.54 Å². The van der Waals surface area contributed by atoms with Gasteiger partial charge in [0.2, 0.25) is 0 Å². The molecule has 6 heteroatoms. The molecule has 0 bridgehead atoms. The fourth-order valence-electron chi connectivity index (χ4n) is 2.03. The van der Waals surface area contributed by atoms with E-state index in [4.69, 9.17) is 28.3 Å². The molecular formula is C15H16Cl2N2O2. The monoisotopic (exact) mass is 326 g/mol. The number of aromatic amines is 1. The van der Waals surface area contributed by atoms with E-state index in [0.29, 0.717) is 35.2 Å². The van der Waals surface area contributed by atoms with Crippen LogP contribution in [0.2, 0.25) is 10.0 Å². The normalized spacial score (nSPS) is 10.6. The number of carbonyl (C=O) groups is 1. The van der Waals surface area contributed by atoms with Crippen molar-refractivity contribution in [3.8, 4) is 0 Å². The van der Waals surface area contributed by atoms with Crippen molar-refractivity contribution < 1.29 is 9.90 Å². The lowest BCUT2D eigenvalue weighted by Gasteiger charge is -2.22. The summed E-state index contributed by atoms with van der Waals surface area (Å²) >= 11 is 11.8. The van der Waals surface area contributed by atoms with Gasteiger partial charge in [0, 0.05) is 30.9 Å². The molecule has 2 N–H and O–H groups in total. The van der Waals surface area contributed by atoms with Crippen molar-refractivity contribution in [1.29, 1.82) is 0 Å². The molecule has 1 aromatic carbocycles. The molecule has 0 fully saturated rings. The van der Waals surface area contributed by atoms with E-state index in [-0.39, 0.29) is 12.5 Å². The predicted molar refractivity (Wildman–Crippen MR) is 83.7 cm³/mol. The van der Waals surface area contributed by atoms with Crippen LogP contribution >= 0.6 is 23.2 Å². The minimum Gasteiger partial charge on any atom is -0.396 e. The maximum atomic E-state index is 12.5. The Balaban J connectivity index is 2.15. The lowest BCUT2D eigenvalue weighted by atomic mass is 10.2. The molecule has 21 heavy (non-hydrogen) atoms. The fraction of sp³-hybridized carbons (Fsp3) is 0.267. The molecule has 2 aromatic rings. The third-order valence-electron chi connectivity index (χ3n) is 3.01. The lowest BCUT2D eigenvalue weighted by Crippen LogP contribution is -2.32. The van der Waals surface area contributed by atoms with Crippen molar-refractivity contribution in [3.63, 3.8) is 0 Å². The number of halogens is 2. The highest BCUT2D eigenvalue weighted by atomic mass is 35.5. The SMILES string of the molecule is O=C(c1cc(Cl)c[nH]1)N(CCCO)Cc1cccc(Cl)c1. The van der Waals surface area contributed by atoms with Crippen molar-refractivity contribution in [3.05, 3.63) is 57.8 Å². The zero-order valence-electron chi connectivity index (χ0n) is 11.4. The Bertz CT molecular complexity index is 613. The first-order valence-electron chi connectivity index (χ1n) is 6.58. The third kappa shape index (κ3) is 4.49. The van der Waals surface area contributed by atoms with Gasteiger partial charge >= 0.3 is 0 Å². The Morgan fingerprint density at radius 2 is 2.05 bits per heavy atom. The van der Waals surface area contributed by atoms with Crippen molar-refractivity contribution in [2.45, 2.75) is 13.0 Å². The van der Waals surface area contributed by atoms with Crippen LogP contribution in [0, 0.1) is 0 Å². The molecule has 0 aliphatic rings. The van der Waals surface area contributed by atoms with Gasteiger partial charge in [-0.3, -0.25) is 4.79 Å². The van der Waals surface area contributed by atoms with E-state index in [9.17, 15) is 4.79 Å². The van der Waals surface area contributed by atoms with Gasteiger partial charge in [0.25, 0.3) is 5.91 Å². The van der Waals surface area contributed by atoms with Gasteiger partial charge in [-0.2, -0.15) is 0 Å². The minimum atomic E-state index is -0.157. The van der Waals surface area contributed by atoms with E-state index >= 15 is 0 Å². The van der Waals surface area contributed by atoms with E-state index < -0.39 is 0 Å². The molecule has 2 rings (SSSR count). The maximum absolute atomic E-state index is 12.5. The van der Waals surface area contributed by atoms with Crippen LogP contribution in [0.25, 0.3) is 0 Å². The van der Waals surface area contributed by atoms with Crippen LogP contribution in [0.15, 0.2) is 36.5 Å². The van der Waals surface area contributed by atoms with Gasteiger partial charge in [0.05, 0.1) is 5.02 Å². The quantitative estimate of drug-likeness (QED) is 0.855. The zero-order chi connectivity index (χ0) is 15.2. The van der Waals surface area contributed by atoms with Gasteiger partial charge in [-0.25, -0.2) is 0 Å². The second kappa shape index (κ2) is 7.50. The highest BCUT2D eigenvalue weighted by molar-refractivity contribution is 6.31. The fourth-order valence-corrected chi connectivity index (χ4v) is 2.41. The predicted octanol–water partition coefficient (Wildman–Crippen LogP) is 3.35. The Kier molecular flexibility index (Phi) is 5.67. The van der Waals surface area contributed by atoms with Gasteiger partial charge < -0.3 is 15.0 Å². The number of amides is 1. The van der Waals surface area contributed by atoms with E-state index in [1.807, 2.05) is 18.2 Å². The van der Waals surface area contributed by atoms with Crippen LogP contribution in [0.3, 0.4) is 0 Å². The minimum absolute atomic E-state index is 0.0325. The molecule has 0 aliphatic carbocycles. The number of nitrogens with one attached hydrogen (secondary N) is 1. The van der Waals surface area contributed by atoms with Crippen molar-refractivity contribution in [2.75, 3.05) is 13.2 Å². The summed E-state index contributed by atoms with van der Waals surface area (Å²) in [6, 6.07) is 8.95. The molecule has 1 aromatic heterocycles. The Morgan fingerprint density at radius 1 is 1.24 bits per heavy atom. The Hall–Kier alpha value is -1.49. The second-order valence-corrected chi connectivity index (χ2v) is 5.54. The van der Waals surface area contributed by atoms with E-state index in [1.165, 1.54) is 0 Å². The maximum Gasteiger partial charge on any atom is 0.270 e. The van der Waals surface area contributed by atoms with Gasteiger partial charge in [-0.05, 0) is 30.2 Å². The average molecular weight is 327 g/mol. The Morgan fingerprint density at radius 3 is 2.67 bits per heavy atom. The number of H-pyrrole nitrogens is 1. The number of aliphatic hydroxyl groups excluding tert-OH is 1. The molecule has 0 saturated carbocycles. The molecule has 0 saturated heterocycles. The van der Waals surface area contributed by atoms with Crippen LogP contribution < -0.4 is 0 Å². The molecule has 0 radical (unpaired) electrons. The standard InChI is InChI=1S/C15H16Cl2N2O2/c16-12-4-1-3-11(7-12)10-19(5-2-6-20)15(21)14-8-13(17)9-18-14/h1,3-4,7-9,18,20H,2,5-6,10H2. The summed E-state index contributed by atoms with van der Waals surface area (Å²) in [6.07, 6.45) is 2.08. The molecular weight excluding hydrogens is 311 g/mol. The van der Waals surface area contributed by atoms with Crippen LogP contribution in [-0.4, -0.2) is 34.0 Å². The second-order valence-electron chi connectivity index (χ2n) is 4.67. The molecule has 0 aliphatic heterocycles.